The van der Waals surface area contributed by atoms with E-state index in [2.05, 4.69) is 5.32 Å². The number of carbonyl (C=O) groups is 1. The maximum atomic E-state index is 11.8. The van der Waals surface area contributed by atoms with Gasteiger partial charge in [-0.25, -0.2) is 0 Å². The molecule has 0 spiro atoms. The maximum absolute atomic E-state index is 11.8. The van der Waals surface area contributed by atoms with Crippen LogP contribution in [0.5, 0.6) is 5.75 Å². The van der Waals surface area contributed by atoms with Crippen LogP contribution in [-0.4, -0.2) is 17.6 Å². The SMILES string of the molecule is O=C(Nc1cccc(OCC(O)c2ccccc2Cl)c1)C1CC1. The normalized spacial score (nSPS) is 15.0. The number of anilines is 1. The minimum absolute atomic E-state index is 0.0539. The van der Waals surface area contributed by atoms with Gasteiger partial charge in [-0.3, -0.25) is 4.79 Å². The summed E-state index contributed by atoms with van der Waals surface area (Å²) in [6.45, 7) is 0.0871. The van der Waals surface area contributed by atoms with Crippen LogP contribution < -0.4 is 10.1 Å². The first-order valence-electron chi connectivity index (χ1n) is 7.59. The van der Waals surface area contributed by atoms with Crippen LogP contribution in [0.2, 0.25) is 5.02 Å². The van der Waals surface area contributed by atoms with Crippen molar-refractivity contribution in [3.63, 3.8) is 0 Å². The van der Waals surface area contributed by atoms with Gasteiger partial charge in [0.2, 0.25) is 5.91 Å². The molecule has 4 nitrogen and oxygen atoms in total. The first-order chi connectivity index (χ1) is 11.1. The number of rotatable bonds is 6. The Morgan fingerprint density at radius 2 is 2.04 bits per heavy atom. The van der Waals surface area contributed by atoms with E-state index in [0.717, 1.165) is 12.8 Å². The highest BCUT2D eigenvalue weighted by Gasteiger charge is 2.29. The van der Waals surface area contributed by atoms with Crippen molar-refractivity contribution in [1.29, 1.82) is 0 Å². The van der Waals surface area contributed by atoms with Crippen LogP contribution in [0.3, 0.4) is 0 Å². The predicted molar refractivity (Wildman–Crippen MR) is 89.7 cm³/mol. The molecule has 3 rings (SSSR count). The number of ether oxygens (including phenoxy) is 1. The molecule has 1 saturated carbocycles. The van der Waals surface area contributed by atoms with Crippen molar-refractivity contribution in [1.82, 2.24) is 0 Å². The third-order valence-electron chi connectivity index (χ3n) is 3.72. The molecule has 1 fully saturated rings. The highest BCUT2D eigenvalue weighted by molar-refractivity contribution is 6.31. The van der Waals surface area contributed by atoms with Crippen molar-refractivity contribution in [2.24, 2.45) is 5.92 Å². The Morgan fingerprint density at radius 3 is 2.78 bits per heavy atom. The van der Waals surface area contributed by atoms with Crippen LogP contribution in [0, 0.1) is 5.92 Å². The van der Waals surface area contributed by atoms with Gasteiger partial charge in [-0.1, -0.05) is 35.9 Å². The summed E-state index contributed by atoms with van der Waals surface area (Å²) in [6.07, 6.45) is 1.12. The highest BCUT2D eigenvalue weighted by atomic mass is 35.5. The molecule has 0 aliphatic heterocycles. The van der Waals surface area contributed by atoms with Gasteiger partial charge in [0.1, 0.15) is 18.5 Å². The fourth-order valence-corrected chi connectivity index (χ4v) is 2.53. The quantitative estimate of drug-likeness (QED) is 0.846. The molecule has 0 bridgehead atoms. The van der Waals surface area contributed by atoms with Crippen molar-refractivity contribution in [3.05, 3.63) is 59.1 Å². The lowest BCUT2D eigenvalue weighted by Crippen LogP contribution is -2.13. The Balaban J connectivity index is 1.59. The second-order valence-corrected chi connectivity index (χ2v) is 6.05. The number of halogens is 1. The molecule has 1 aliphatic carbocycles. The van der Waals surface area contributed by atoms with Crippen LogP contribution in [0.25, 0.3) is 0 Å². The summed E-state index contributed by atoms with van der Waals surface area (Å²) in [5.41, 5.74) is 1.33. The van der Waals surface area contributed by atoms with Crippen LogP contribution in [0.4, 0.5) is 5.69 Å². The number of aliphatic hydroxyl groups is 1. The smallest absolute Gasteiger partial charge is 0.227 e. The van der Waals surface area contributed by atoms with Crippen molar-refractivity contribution >= 4 is 23.2 Å². The zero-order valence-corrected chi connectivity index (χ0v) is 13.3. The Hall–Kier alpha value is -2.04. The first kappa shape index (κ1) is 15.8. The van der Waals surface area contributed by atoms with E-state index >= 15 is 0 Å². The van der Waals surface area contributed by atoms with Gasteiger partial charge in [-0.05, 0) is 31.0 Å². The highest BCUT2D eigenvalue weighted by Crippen LogP contribution is 2.30. The average molecular weight is 332 g/mol. The summed E-state index contributed by atoms with van der Waals surface area (Å²) in [7, 11) is 0. The van der Waals surface area contributed by atoms with E-state index in [1.54, 1.807) is 30.3 Å². The predicted octanol–water partition coefficient (Wildman–Crippen LogP) is 3.80. The molecule has 2 aromatic rings. The molecule has 5 heteroatoms. The molecule has 120 valence electrons. The van der Waals surface area contributed by atoms with E-state index < -0.39 is 6.10 Å². The molecule has 1 unspecified atom stereocenters. The summed E-state index contributed by atoms with van der Waals surface area (Å²) in [5, 5.41) is 13.6. The molecule has 2 aromatic carbocycles. The van der Waals surface area contributed by atoms with Gasteiger partial charge in [0, 0.05) is 28.3 Å². The van der Waals surface area contributed by atoms with Crippen molar-refractivity contribution in [2.45, 2.75) is 18.9 Å². The van der Waals surface area contributed by atoms with Gasteiger partial charge >= 0.3 is 0 Å². The molecule has 2 N–H and O–H groups in total. The monoisotopic (exact) mass is 331 g/mol. The van der Waals surface area contributed by atoms with E-state index in [0.29, 0.717) is 22.0 Å². The molecule has 1 amide bonds. The van der Waals surface area contributed by atoms with E-state index in [-0.39, 0.29) is 18.4 Å². The molecule has 0 aromatic heterocycles. The van der Waals surface area contributed by atoms with Gasteiger partial charge in [0.05, 0.1) is 0 Å². The van der Waals surface area contributed by atoms with Crippen LogP contribution in [-0.2, 0) is 4.79 Å². The number of amides is 1. The summed E-state index contributed by atoms with van der Waals surface area (Å²) < 4.78 is 5.62. The lowest BCUT2D eigenvalue weighted by molar-refractivity contribution is -0.117. The number of aliphatic hydroxyl groups excluding tert-OH is 1. The van der Waals surface area contributed by atoms with Crippen LogP contribution in [0.15, 0.2) is 48.5 Å². The van der Waals surface area contributed by atoms with Crippen molar-refractivity contribution < 1.29 is 14.6 Å². The minimum Gasteiger partial charge on any atom is -0.490 e. The average Bonchev–Trinajstić information content (AvgIpc) is 3.38. The fourth-order valence-electron chi connectivity index (χ4n) is 2.26. The molecule has 0 saturated heterocycles. The Morgan fingerprint density at radius 1 is 1.26 bits per heavy atom. The van der Waals surface area contributed by atoms with Crippen LogP contribution in [0.1, 0.15) is 24.5 Å². The Bertz CT molecular complexity index is 700. The number of benzene rings is 2. The van der Waals surface area contributed by atoms with E-state index in [4.69, 9.17) is 16.3 Å². The summed E-state index contributed by atoms with van der Waals surface area (Å²) in [4.78, 5) is 11.8. The van der Waals surface area contributed by atoms with Gasteiger partial charge < -0.3 is 15.2 Å². The largest absolute Gasteiger partial charge is 0.490 e. The summed E-state index contributed by atoms with van der Waals surface area (Å²) >= 11 is 6.06. The van der Waals surface area contributed by atoms with Gasteiger partial charge in [-0.15, -0.1) is 0 Å². The number of hydrogen-bond donors (Lipinski definition) is 2. The zero-order chi connectivity index (χ0) is 16.2. The second kappa shape index (κ2) is 7.02. The molecular formula is C18H18ClNO3. The standard InChI is InChI=1S/C18H18ClNO3/c19-16-7-2-1-6-15(16)17(21)11-23-14-5-3-4-13(10-14)20-18(22)12-8-9-12/h1-7,10,12,17,21H,8-9,11H2,(H,20,22). The summed E-state index contributed by atoms with van der Waals surface area (Å²) in [5.74, 6) is 0.796. The molecule has 1 aliphatic rings. The van der Waals surface area contributed by atoms with Crippen LogP contribution >= 0.6 is 11.6 Å². The molecular weight excluding hydrogens is 314 g/mol. The Kier molecular flexibility index (Phi) is 4.84. The molecule has 0 heterocycles. The minimum atomic E-state index is -0.812. The van der Waals surface area contributed by atoms with Gasteiger partial charge in [-0.2, -0.15) is 0 Å². The Labute approximate surface area is 140 Å². The molecule has 23 heavy (non-hydrogen) atoms. The van der Waals surface area contributed by atoms with Gasteiger partial charge in [0.15, 0.2) is 0 Å². The maximum Gasteiger partial charge on any atom is 0.227 e. The van der Waals surface area contributed by atoms with E-state index in [1.165, 1.54) is 0 Å². The number of hydrogen-bond acceptors (Lipinski definition) is 3. The first-order valence-corrected chi connectivity index (χ1v) is 7.97. The lowest BCUT2D eigenvalue weighted by Gasteiger charge is -2.14. The van der Waals surface area contributed by atoms with Crippen molar-refractivity contribution in [3.8, 4) is 5.75 Å². The second-order valence-electron chi connectivity index (χ2n) is 5.64. The third kappa shape index (κ3) is 4.24. The molecule has 1 atom stereocenters. The lowest BCUT2D eigenvalue weighted by atomic mass is 10.1. The topological polar surface area (TPSA) is 58.6 Å². The fraction of sp³-hybridized carbons (Fsp3) is 0.278. The van der Waals surface area contributed by atoms with E-state index in [1.807, 2.05) is 18.2 Å². The number of carbonyl (C=O) groups excluding carboxylic acids is 1. The van der Waals surface area contributed by atoms with Crippen molar-refractivity contribution in [2.75, 3.05) is 11.9 Å². The van der Waals surface area contributed by atoms with E-state index in [9.17, 15) is 9.90 Å². The summed E-state index contributed by atoms with van der Waals surface area (Å²) in [6, 6.07) is 14.3. The third-order valence-corrected chi connectivity index (χ3v) is 4.07. The number of nitrogens with one attached hydrogen (secondary N) is 1. The molecule has 0 radical (unpaired) electrons. The zero-order valence-electron chi connectivity index (χ0n) is 12.5. The van der Waals surface area contributed by atoms with Gasteiger partial charge in [0.25, 0.3) is 0 Å².